The van der Waals surface area contributed by atoms with Crippen molar-refractivity contribution in [2.75, 3.05) is 18.8 Å². The largest absolute Gasteiger partial charge is 0.398 e. The highest BCUT2D eigenvalue weighted by Gasteiger charge is 2.31. The molecule has 1 amide bonds. The molecule has 1 atom stereocenters. The number of halogens is 1. The van der Waals surface area contributed by atoms with Crippen molar-refractivity contribution in [2.45, 2.75) is 25.2 Å². The lowest BCUT2D eigenvalue weighted by Crippen LogP contribution is -2.41. The third kappa shape index (κ3) is 3.60. The SMILES string of the molecule is CC1(c2ccc(N=Cc3cccc(C(N)=O)c3N)cc2F)CCCNC1. The first-order valence-electron chi connectivity index (χ1n) is 8.64. The molecular weight excluding hydrogens is 331 g/mol. The summed E-state index contributed by atoms with van der Waals surface area (Å²) in [5.41, 5.74) is 13.3. The van der Waals surface area contributed by atoms with Gasteiger partial charge in [-0.15, -0.1) is 0 Å². The minimum Gasteiger partial charge on any atom is -0.398 e. The second-order valence-corrected chi connectivity index (χ2v) is 6.94. The Hall–Kier alpha value is -2.73. The number of benzene rings is 2. The Morgan fingerprint density at radius 1 is 1.35 bits per heavy atom. The van der Waals surface area contributed by atoms with E-state index >= 15 is 0 Å². The van der Waals surface area contributed by atoms with Gasteiger partial charge in [0.15, 0.2) is 0 Å². The normalized spacial score (nSPS) is 20.4. The first kappa shape index (κ1) is 18.1. The Labute approximate surface area is 152 Å². The Morgan fingerprint density at radius 3 is 2.81 bits per heavy atom. The van der Waals surface area contributed by atoms with Crippen LogP contribution in [0.3, 0.4) is 0 Å². The number of piperidine rings is 1. The third-order valence-electron chi connectivity index (χ3n) is 4.96. The van der Waals surface area contributed by atoms with Gasteiger partial charge in [-0.2, -0.15) is 0 Å². The van der Waals surface area contributed by atoms with Crippen molar-refractivity contribution in [1.29, 1.82) is 0 Å². The van der Waals surface area contributed by atoms with Crippen LogP contribution in [0, 0.1) is 5.82 Å². The third-order valence-corrected chi connectivity index (χ3v) is 4.96. The second-order valence-electron chi connectivity index (χ2n) is 6.94. The van der Waals surface area contributed by atoms with Crippen molar-refractivity contribution in [1.82, 2.24) is 5.32 Å². The van der Waals surface area contributed by atoms with E-state index in [-0.39, 0.29) is 22.5 Å². The van der Waals surface area contributed by atoms with E-state index in [1.54, 1.807) is 30.3 Å². The first-order valence-corrected chi connectivity index (χ1v) is 8.64. The van der Waals surface area contributed by atoms with Crippen molar-refractivity contribution in [2.24, 2.45) is 10.7 Å². The number of anilines is 1. The van der Waals surface area contributed by atoms with Gasteiger partial charge in [0.25, 0.3) is 5.91 Å². The maximum absolute atomic E-state index is 14.7. The number of nitrogens with one attached hydrogen (secondary N) is 1. The molecule has 6 heteroatoms. The predicted molar refractivity (Wildman–Crippen MR) is 102 cm³/mol. The lowest BCUT2D eigenvalue weighted by molar-refractivity contribution is 0.100. The summed E-state index contributed by atoms with van der Waals surface area (Å²) in [4.78, 5) is 15.6. The fourth-order valence-corrected chi connectivity index (χ4v) is 3.41. The maximum atomic E-state index is 14.7. The summed E-state index contributed by atoms with van der Waals surface area (Å²) in [6.45, 7) is 3.82. The van der Waals surface area contributed by atoms with Gasteiger partial charge in [0, 0.05) is 23.7 Å². The maximum Gasteiger partial charge on any atom is 0.250 e. The van der Waals surface area contributed by atoms with E-state index in [0.29, 0.717) is 16.8 Å². The number of amides is 1. The molecule has 0 aliphatic carbocycles. The zero-order valence-corrected chi connectivity index (χ0v) is 14.8. The van der Waals surface area contributed by atoms with Crippen molar-refractivity contribution in [3.63, 3.8) is 0 Å². The van der Waals surface area contributed by atoms with Gasteiger partial charge in [0.2, 0.25) is 0 Å². The molecule has 5 N–H and O–H groups in total. The van der Waals surface area contributed by atoms with Gasteiger partial charge in [0.1, 0.15) is 5.82 Å². The van der Waals surface area contributed by atoms with Crippen molar-refractivity contribution >= 4 is 23.5 Å². The van der Waals surface area contributed by atoms with Gasteiger partial charge >= 0.3 is 0 Å². The quantitative estimate of drug-likeness (QED) is 0.582. The molecular formula is C20H23FN4O. The summed E-state index contributed by atoms with van der Waals surface area (Å²) in [6.07, 6.45) is 3.50. The van der Waals surface area contributed by atoms with Crippen LogP contribution >= 0.6 is 0 Å². The Balaban J connectivity index is 1.85. The lowest BCUT2D eigenvalue weighted by atomic mass is 9.76. The van der Waals surface area contributed by atoms with Crippen LogP contribution in [0.5, 0.6) is 0 Å². The Kier molecular flexibility index (Phi) is 5.04. The van der Waals surface area contributed by atoms with Gasteiger partial charge in [-0.1, -0.05) is 25.1 Å². The number of rotatable bonds is 4. The second kappa shape index (κ2) is 7.25. The van der Waals surface area contributed by atoms with Crippen LogP contribution in [0.15, 0.2) is 41.4 Å². The van der Waals surface area contributed by atoms with E-state index in [9.17, 15) is 9.18 Å². The topological polar surface area (TPSA) is 93.5 Å². The smallest absolute Gasteiger partial charge is 0.250 e. The fraction of sp³-hybridized carbons (Fsp3) is 0.300. The van der Waals surface area contributed by atoms with E-state index in [2.05, 4.69) is 17.2 Å². The molecule has 2 aromatic carbocycles. The molecule has 0 spiro atoms. The molecule has 1 aliphatic rings. The molecule has 0 saturated carbocycles. The van der Waals surface area contributed by atoms with Gasteiger partial charge in [-0.3, -0.25) is 9.79 Å². The number of carbonyl (C=O) groups is 1. The zero-order chi connectivity index (χ0) is 18.7. The molecule has 1 heterocycles. The van der Waals surface area contributed by atoms with E-state index in [1.807, 2.05) is 0 Å². The van der Waals surface area contributed by atoms with Crippen molar-refractivity contribution in [3.8, 4) is 0 Å². The Bertz CT molecular complexity index is 857. The molecule has 1 saturated heterocycles. The molecule has 1 aliphatic heterocycles. The molecule has 0 bridgehead atoms. The number of primary amides is 1. The number of nitrogens with two attached hydrogens (primary N) is 2. The number of hydrogen-bond acceptors (Lipinski definition) is 4. The number of nitrogens with zero attached hydrogens (tertiary/aromatic N) is 1. The summed E-state index contributed by atoms with van der Waals surface area (Å²) in [5.74, 6) is -0.854. The van der Waals surface area contributed by atoms with Gasteiger partial charge in [0.05, 0.1) is 16.9 Å². The highest BCUT2D eigenvalue weighted by atomic mass is 19.1. The summed E-state index contributed by atoms with van der Waals surface area (Å²) in [5, 5.41) is 3.34. The van der Waals surface area contributed by atoms with Crippen LogP contribution in [-0.4, -0.2) is 25.2 Å². The van der Waals surface area contributed by atoms with Crippen LogP contribution in [0.2, 0.25) is 0 Å². The average molecular weight is 354 g/mol. The first-order chi connectivity index (χ1) is 12.4. The summed E-state index contributed by atoms with van der Waals surface area (Å²) in [7, 11) is 0. The highest BCUT2D eigenvalue weighted by Crippen LogP contribution is 2.34. The molecule has 0 aromatic heterocycles. The number of para-hydroxylation sites is 1. The number of carbonyl (C=O) groups excluding carboxylic acids is 1. The lowest BCUT2D eigenvalue weighted by Gasteiger charge is -2.34. The molecule has 2 aromatic rings. The molecule has 3 rings (SSSR count). The number of aliphatic imine (C=N–C) groups is 1. The molecule has 1 unspecified atom stereocenters. The summed E-state index contributed by atoms with van der Waals surface area (Å²) < 4.78 is 14.7. The van der Waals surface area contributed by atoms with Crippen LogP contribution in [0.4, 0.5) is 15.8 Å². The molecule has 136 valence electrons. The predicted octanol–water partition coefficient (Wildman–Crippen LogP) is 2.90. The molecule has 5 nitrogen and oxygen atoms in total. The Morgan fingerprint density at radius 2 is 2.15 bits per heavy atom. The van der Waals surface area contributed by atoms with Crippen molar-refractivity contribution < 1.29 is 9.18 Å². The van der Waals surface area contributed by atoms with Gasteiger partial charge < -0.3 is 16.8 Å². The zero-order valence-electron chi connectivity index (χ0n) is 14.8. The standard InChI is InChI=1S/C20H23FN4O/c1-20(8-3-9-24-12-20)16-7-6-14(10-17(16)21)25-11-13-4-2-5-15(18(13)22)19(23)26/h2,4-7,10-11,24H,3,8-9,12,22H2,1H3,(H2,23,26). The highest BCUT2D eigenvalue weighted by molar-refractivity contribution is 6.02. The monoisotopic (exact) mass is 354 g/mol. The van der Waals surface area contributed by atoms with Crippen LogP contribution < -0.4 is 16.8 Å². The molecule has 26 heavy (non-hydrogen) atoms. The van der Waals surface area contributed by atoms with Crippen LogP contribution in [0.1, 0.15) is 41.3 Å². The van der Waals surface area contributed by atoms with Gasteiger partial charge in [-0.25, -0.2) is 4.39 Å². The fourth-order valence-electron chi connectivity index (χ4n) is 3.41. The van der Waals surface area contributed by atoms with E-state index in [0.717, 1.165) is 25.9 Å². The average Bonchev–Trinajstić information content (AvgIpc) is 2.61. The number of nitrogen functional groups attached to an aromatic ring is 1. The molecule has 1 fully saturated rings. The minimum absolute atomic E-state index is 0.204. The summed E-state index contributed by atoms with van der Waals surface area (Å²) >= 11 is 0. The van der Waals surface area contributed by atoms with Gasteiger partial charge in [-0.05, 0) is 43.1 Å². The van der Waals surface area contributed by atoms with E-state index in [1.165, 1.54) is 12.3 Å². The summed E-state index contributed by atoms with van der Waals surface area (Å²) in [6, 6.07) is 9.99. The van der Waals surface area contributed by atoms with E-state index in [4.69, 9.17) is 11.5 Å². The molecule has 0 radical (unpaired) electrons. The van der Waals surface area contributed by atoms with Crippen LogP contribution in [-0.2, 0) is 5.41 Å². The minimum atomic E-state index is -0.595. The van der Waals surface area contributed by atoms with Crippen LogP contribution in [0.25, 0.3) is 0 Å². The van der Waals surface area contributed by atoms with Crippen molar-refractivity contribution in [3.05, 3.63) is 58.9 Å². The number of hydrogen-bond donors (Lipinski definition) is 3. The van der Waals surface area contributed by atoms with E-state index < -0.39 is 5.91 Å².